The van der Waals surface area contributed by atoms with Gasteiger partial charge in [0.1, 0.15) is 22.7 Å². The van der Waals surface area contributed by atoms with Crippen molar-refractivity contribution in [3.05, 3.63) is 60.2 Å². The van der Waals surface area contributed by atoms with Crippen LogP contribution in [0.3, 0.4) is 0 Å². The molecular formula is C24H22N6O5S2. The van der Waals surface area contributed by atoms with E-state index < -0.39 is 33.1 Å². The number of aryl methyl sites for hydroxylation is 2. The molecule has 11 nitrogen and oxygen atoms in total. The summed E-state index contributed by atoms with van der Waals surface area (Å²) in [5, 5.41) is 3.24. The second-order valence-corrected chi connectivity index (χ2v) is 11.1. The summed E-state index contributed by atoms with van der Waals surface area (Å²) in [5.41, 5.74) is 3.44. The zero-order valence-electron chi connectivity index (χ0n) is 19.8. The number of carbonyl (C=O) groups is 4. The Balaban J connectivity index is 0.000000152. The summed E-state index contributed by atoms with van der Waals surface area (Å²) >= 11 is 1.32. The first-order valence-corrected chi connectivity index (χ1v) is 13.7. The predicted octanol–water partition coefficient (Wildman–Crippen LogP) is 1.02. The Hall–Kier alpha value is -3.84. The number of nitrogens with zero attached hydrogens (tertiary/aromatic N) is 4. The van der Waals surface area contributed by atoms with E-state index in [0.717, 1.165) is 22.1 Å². The number of benzene rings is 2. The highest BCUT2D eigenvalue weighted by atomic mass is 32.2. The lowest BCUT2D eigenvalue weighted by atomic mass is 10.3. The number of hydrogen-bond acceptors (Lipinski definition) is 8. The zero-order valence-corrected chi connectivity index (χ0v) is 21.5. The molecule has 2 fully saturated rings. The van der Waals surface area contributed by atoms with Crippen LogP contribution >= 0.6 is 11.8 Å². The summed E-state index contributed by atoms with van der Waals surface area (Å²) in [6.45, 7) is 0. The fraction of sp³-hybridized carbons (Fsp3) is 0.250. The Kier molecular flexibility index (Phi) is 6.65. The number of rotatable bonds is 2. The van der Waals surface area contributed by atoms with Crippen molar-refractivity contribution in [1.29, 1.82) is 0 Å². The van der Waals surface area contributed by atoms with Crippen LogP contribution in [0.4, 0.5) is 0 Å². The Morgan fingerprint density at radius 1 is 0.811 bits per heavy atom. The monoisotopic (exact) mass is 538 g/mol. The molecule has 2 aromatic carbocycles. The molecule has 4 amide bonds. The molecule has 4 aromatic rings. The minimum Gasteiger partial charge on any atom is -0.330 e. The van der Waals surface area contributed by atoms with Gasteiger partial charge >= 0.3 is 0 Å². The number of nitrogens with one attached hydrogen (secondary N) is 2. The smallest absolute Gasteiger partial charge is 0.250 e. The van der Waals surface area contributed by atoms with Crippen LogP contribution in [0, 0.1) is 0 Å². The van der Waals surface area contributed by atoms with E-state index in [4.69, 9.17) is 0 Å². The van der Waals surface area contributed by atoms with Gasteiger partial charge in [0.05, 0.1) is 38.6 Å². The molecule has 0 saturated carbocycles. The van der Waals surface area contributed by atoms with E-state index in [1.807, 2.05) is 60.1 Å². The van der Waals surface area contributed by atoms with Gasteiger partial charge in [0.25, 0.3) is 0 Å². The lowest BCUT2D eigenvalue weighted by molar-refractivity contribution is -0.131. The fourth-order valence-corrected chi connectivity index (χ4v) is 6.47. The van der Waals surface area contributed by atoms with E-state index in [9.17, 15) is 23.4 Å². The van der Waals surface area contributed by atoms with Crippen LogP contribution in [0.15, 0.2) is 48.5 Å². The summed E-state index contributed by atoms with van der Waals surface area (Å²) in [6.07, 6.45) is 0. The minimum absolute atomic E-state index is 0.167. The van der Waals surface area contributed by atoms with E-state index in [0.29, 0.717) is 17.4 Å². The van der Waals surface area contributed by atoms with E-state index in [-0.39, 0.29) is 17.6 Å². The normalized spacial score (nSPS) is 21.9. The van der Waals surface area contributed by atoms with E-state index in [1.165, 1.54) is 11.8 Å². The second-order valence-electron chi connectivity index (χ2n) is 8.46. The Morgan fingerprint density at radius 3 is 1.92 bits per heavy atom. The van der Waals surface area contributed by atoms with Crippen molar-refractivity contribution in [3.63, 3.8) is 0 Å². The second kappa shape index (κ2) is 9.90. The van der Waals surface area contributed by atoms with Crippen LogP contribution in [0.1, 0.15) is 22.1 Å². The number of aromatic nitrogens is 4. The molecule has 2 aliphatic rings. The van der Waals surface area contributed by atoms with Crippen LogP contribution in [-0.4, -0.2) is 58.4 Å². The average Bonchev–Trinajstić information content (AvgIpc) is 3.36. The van der Waals surface area contributed by atoms with Gasteiger partial charge < -0.3 is 9.13 Å². The van der Waals surface area contributed by atoms with Crippen molar-refractivity contribution in [3.8, 4) is 0 Å². The number of carbonyl (C=O) groups excluding carboxylic acids is 4. The Bertz CT molecular complexity index is 1590. The molecule has 2 aliphatic heterocycles. The van der Waals surface area contributed by atoms with Crippen molar-refractivity contribution >= 4 is 68.3 Å². The molecule has 0 bridgehead atoms. The van der Waals surface area contributed by atoms with Crippen LogP contribution in [0.25, 0.3) is 22.1 Å². The van der Waals surface area contributed by atoms with Crippen molar-refractivity contribution in [2.24, 2.45) is 14.1 Å². The molecule has 2 N–H and O–H groups in total. The first-order chi connectivity index (χ1) is 17.7. The summed E-state index contributed by atoms with van der Waals surface area (Å²) in [6, 6.07) is 15.1. The Labute approximate surface area is 217 Å². The highest BCUT2D eigenvalue weighted by molar-refractivity contribution is 8.01. The van der Waals surface area contributed by atoms with Gasteiger partial charge in [-0.1, -0.05) is 24.3 Å². The van der Waals surface area contributed by atoms with Gasteiger partial charge in [-0.2, -0.15) is 0 Å². The SMILES string of the molecule is Cn1c(C2C(=O)NC(=O)CS2=O)nc2ccccc21.Cn1c(C2SCC(=O)NC2=O)nc2ccccc21. The highest BCUT2D eigenvalue weighted by Crippen LogP contribution is 2.32. The van der Waals surface area contributed by atoms with Crippen molar-refractivity contribution in [1.82, 2.24) is 29.7 Å². The van der Waals surface area contributed by atoms with Crippen molar-refractivity contribution in [2.75, 3.05) is 11.5 Å². The van der Waals surface area contributed by atoms with E-state index in [1.54, 1.807) is 11.6 Å². The number of para-hydroxylation sites is 4. The van der Waals surface area contributed by atoms with Gasteiger partial charge in [-0.25, -0.2) is 9.97 Å². The summed E-state index contributed by atoms with van der Waals surface area (Å²) in [4.78, 5) is 54.8. The topological polar surface area (TPSA) is 145 Å². The van der Waals surface area contributed by atoms with Gasteiger partial charge in [-0.15, -0.1) is 11.8 Å². The molecule has 0 aliphatic carbocycles. The fourth-order valence-electron chi connectivity index (χ4n) is 4.27. The predicted molar refractivity (Wildman–Crippen MR) is 139 cm³/mol. The third-order valence-electron chi connectivity index (χ3n) is 6.03. The maximum atomic E-state index is 12.0. The first-order valence-electron chi connectivity index (χ1n) is 11.2. The average molecular weight is 539 g/mol. The quantitative estimate of drug-likeness (QED) is 0.360. The number of imide groups is 2. The van der Waals surface area contributed by atoms with Crippen molar-refractivity contribution < 1.29 is 23.4 Å². The molecule has 190 valence electrons. The maximum Gasteiger partial charge on any atom is 0.250 e. The Morgan fingerprint density at radius 2 is 1.35 bits per heavy atom. The van der Waals surface area contributed by atoms with Crippen LogP contribution < -0.4 is 10.6 Å². The van der Waals surface area contributed by atoms with E-state index in [2.05, 4.69) is 20.6 Å². The number of amides is 4. The number of hydrogen-bond donors (Lipinski definition) is 2. The molecule has 13 heteroatoms. The first kappa shape index (κ1) is 24.8. The maximum absolute atomic E-state index is 12.0. The molecule has 4 heterocycles. The highest BCUT2D eigenvalue weighted by Gasteiger charge is 2.37. The van der Waals surface area contributed by atoms with Gasteiger partial charge in [0.2, 0.25) is 23.6 Å². The number of fused-ring (bicyclic) bond motifs is 2. The number of imidazole rings is 2. The molecule has 2 aromatic heterocycles. The van der Waals surface area contributed by atoms with Crippen LogP contribution in [0.2, 0.25) is 0 Å². The van der Waals surface area contributed by atoms with Crippen molar-refractivity contribution in [2.45, 2.75) is 10.5 Å². The molecule has 0 radical (unpaired) electrons. The largest absolute Gasteiger partial charge is 0.330 e. The minimum atomic E-state index is -1.57. The van der Waals surface area contributed by atoms with Crippen LogP contribution in [0.5, 0.6) is 0 Å². The zero-order chi connectivity index (χ0) is 26.3. The molecule has 6 rings (SSSR count). The summed E-state index contributed by atoms with van der Waals surface area (Å²) in [7, 11) is 2.08. The summed E-state index contributed by atoms with van der Waals surface area (Å²) in [5.74, 6) is -0.337. The standard InChI is InChI=1S/C12H11N3O3S.C12H11N3O2S/c1-15-8-5-3-2-4-7(8)13-11(15)10-12(17)14-9(16)6-19(10)18;1-15-8-5-3-2-4-7(8)13-11(15)10-12(17)14-9(16)6-18-10/h2-5,10H,6H2,1H3,(H,14,16,17);2-5,10H,6H2,1H3,(H,14,16,17). The van der Waals surface area contributed by atoms with Gasteiger partial charge in [-0.3, -0.25) is 34.0 Å². The van der Waals surface area contributed by atoms with E-state index >= 15 is 0 Å². The summed E-state index contributed by atoms with van der Waals surface area (Å²) < 4.78 is 15.7. The molecule has 3 unspecified atom stereocenters. The van der Waals surface area contributed by atoms with Gasteiger partial charge in [0, 0.05) is 14.1 Å². The third kappa shape index (κ3) is 4.67. The van der Waals surface area contributed by atoms with Crippen LogP contribution in [-0.2, 0) is 44.1 Å². The number of thioether (sulfide) groups is 1. The van der Waals surface area contributed by atoms with Gasteiger partial charge in [0.15, 0.2) is 5.25 Å². The molecule has 3 atom stereocenters. The molecule has 2 saturated heterocycles. The van der Waals surface area contributed by atoms with Gasteiger partial charge in [-0.05, 0) is 24.3 Å². The lowest BCUT2D eigenvalue weighted by Crippen LogP contribution is -2.45. The molecule has 37 heavy (non-hydrogen) atoms. The lowest BCUT2D eigenvalue weighted by Gasteiger charge is -2.19. The molecule has 0 spiro atoms. The third-order valence-corrected chi connectivity index (χ3v) is 8.72. The molecular weight excluding hydrogens is 516 g/mol.